The maximum absolute atomic E-state index is 5.83. The summed E-state index contributed by atoms with van der Waals surface area (Å²) in [6.07, 6.45) is 1.70. The molecule has 0 amide bonds. The van der Waals surface area contributed by atoms with E-state index >= 15 is 0 Å². The van der Waals surface area contributed by atoms with Crippen molar-refractivity contribution in [3.63, 3.8) is 0 Å². The van der Waals surface area contributed by atoms with Crippen LogP contribution < -0.4 is 11.1 Å². The van der Waals surface area contributed by atoms with Crippen molar-refractivity contribution in [2.24, 2.45) is 0 Å². The van der Waals surface area contributed by atoms with E-state index in [1.54, 1.807) is 6.20 Å². The highest BCUT2D eigenvalue weighted by Crippen LogP contribution is 2.28. The minimum atomic E-state index is 0.324. The van der Waals surface area contributed by atoms with Gasteiger partial charge in [0.05, 0.1) is 29.6 Å². The third kappa shape index (κ3) is 3.81. The molecule has 2 heterocycles. The Morgan fingerprint density at radius 2 is 2.21 bits per heavy atom. The van der Waals surface area contributed by atoms with Gasteiger partial charge in [0, 0.05) is 25.7 Å². The number of hydrogen-bond acceptors (Lipinski definition) is 5. The fourth-order valence-electron chi connectivity index (χ4n) is 2.14. The third-order valence-electron chi connectivity index (χ3n) is 3.32. The SMILES string of the molecule is Cc1c(N)cnc(NC(C)CN2CCOCC2)c1Br. The average Bonchev–Trinajstić information content (AvgIpc) is 2.41. The highest BCUT2D eigenvalue weighted by molar-refractivity contribution is 9.10. The average molecular weight is 329 g/mol. The van der Waals surface area contributed by atoms with Crippen molar-refractivity contribution in [1.29, 1.82) is 0 Å². The van der Waals surface area contributed by atoms with Crippen molar-refractivity contribution in [2.45, 2.75) is 19.9 Å². The first-order chi connectivity index (χ1) is 9.08. The molecule has 3 N–H and O–H groups in total. The number of morpholine rings is 1. The molecule has 0 radical (unpaired) electrons. The minimum absolute atomic E-state index is 0.324. The molecule has 1 aromatic heterocycles. The molecule has 5 nitrogen and oxygen atoms in total. The molecule has 1 aliphatic rings. The highest BCUT2D eigenvalue weighted by atomic mass is 79.9. The molecule has 0 aromatic carbocycles. The summed E-state index contributed by atoms with van der Waals surface area (Å²) in [6.45, 7) is 8.79. The van der Waals surface area contributed by atoms with Crippen LogP contribution in [0, 0.1) is 6.92 Å². The smallest absolute Gasteiger partial charge is 0.140 e. The summed E-state index contributed by atoms with van der Waals surface area (Å²) in [5.41, 5.74) is 7.56. The van der Waals surface area contributed by atoms with Crippen LogP contribution in [0.3, 0.4) is 0 Å². The molecule has 1 aromatic rings. The van der Waals surface area contributed by atoms with E-state index in [0.717, 1.165) is 48.7 Å². The molecular weight excluding hydrogens is 308 g/mol. The molecule has 6 heteroatoms. The first-order valence-electron chi connectivity index (χ1n) is 6.55. The van der Waals surface area contributed by atoms with Crippen molar-refractivity contribution in [3.05, 3.63) is 16.2 Å². The Hall–Kier alpha value is -0.850. The summed E-state index contributed by atoms with van der Waals surface area (Å²) >= 11 is 3.55. The van der Waals surface area contributed by atoms with Crippen molar-refractivity contribution in [1.82, 2.24) is 9.88 Å². The van der Waals surface area contributed by atoms with E-state index in [1.807, 2.05) is 6.92 Å². The molecule has 2 rings (SSSR count). The number of pyridine rings is 1. The van der Waals surface area contributed by atoms with E-state index in [2.05, 4.69) is 38.1 Å². The summed E-state index contributed by atoms with van der Waals surface area (Å²) in [4.78, 5) is 6.75. The number of anilines is 2. The highest BCUT2D eigenvalue weighted by Gasteiger charge is 2.15. The largest absolute Gasteiger partial charge is 0.397 e. The zero-order chi connectivity index (χ0) is 13.8. The van der Waals surface area contributed by atoms with Gasteiger partial charge in [0.15, 0.2) is 0 Å². The molecule has 1 aliphatic heterocycles. The lowest BCUT2D eigenvalue weighted by Gasteiger charge is -2.29. The van der Waals surface area contributed by atoms with Crippen LogP contribution in [0.1, 0.15) is 12.5 Å². The second-order valence-electron chi connectivity index (χ2n) is 4.96. The Kier molecular flexibility index (Phi) is 5.01. The van der Waals surface area contributed by atoms with Gasteiger partial charge in [0.2, 0.25) is 0 Å². The van der Waals surface area contributed by atoms with Crippen LogP contribution in [0.4, 0.5) is 11.5 Å². The van der Waals surface area contributed by atoms with E-state index in [4.69, 9.17) is 10.5 Å². The lowest BCUT2D eigenvalue weighted by Crippen LogP contribution is -2.42. The lowest BCUT2D eigenvalue weighted by atomic mass is 10.2. The van der Waals surface area contributed by atoms with Crippen molar-refractivity contribution in [2.75, 3.05) is 43.9 Å². The van der Waals surface area contributed by atoms with Gasteiger partial charge in [-0.2, -0.15) is 0 Å². The maximum atomic E-state index is 5.83. The van der Waals surface area contributed by atoms with Crippen LogP contribution in [0.5, 0.6) is 0 Å². The summed E-state index contributed by atoms with van der Waals surface area (Å²) in [7, 11) is 0. The van der Waals surface area contributed by atoms with Crippen LogP contribution >= 0.6 is 15.9 Å². The maximum Gasteiger partial charge on any atom is 0.140 e. The molecular formula is C13H21BrN4O. The lowest BCUT2D eigenvalue weighted by molar-refractivity contribution is 0.0368. The zero-order valence-corrected chi connectivity index (χ0v) is 13.0. The van der Waals surface area contributed by atoms with Crippen molar-refractivity contribution >= 4 is 27.4 Å². The predicted molar refractivity (Wildman–Crippen MR) is 81.4 cm³/mol. The van der Waals surface area contributed by atoms with Gasteiger partial charge in [-0.25, -0.2) is 4.98 Å². The van der Waals surface area contributed by atoms with Gasteiger partial charge in [-0.15, -0.1) is 0 Å². The van der Waals surface area contributed by atoms with Crippen LogP contribution in [-0.2, 0) is 4.74 Å². The topological polar surface area (TPSA) is 63.4 Å². The van der Waals surface area contributed by atoms with Gasteiger partial charge in [0.1, 0.15) is 5.82 Å². The van der Waals surface area contributed by atoms with Gasteiger partial charge in [-0.05, 0) is 35.3 Å². The Morgan fingerprint density at radius 3 is 2.89 bits per heavy atom. The van der Waals surface area contributed by atoms with E-state index in [0.29, 0.717) is 11.7 Å². The van der Waals surface area contributed by atoms with Gasteiger partial charge in [-0.1, -0.05) is 0 Å². The third-order valence-corrected chi connectivity index (χ3v) is 4.29. The molecule has 19 heavy (non-hydrogen) atoms. The molecule has 1 unspecified atom stereocenters. The molecule has 0 bridgehead atoms. The number of aromatic nitrogens is 1. The normalized spacial score (nSPS) is 18.3. The molecule has 1 atom stereocenters. The molecule has 0 aliphatic carbocycles. The van der Waals surface area contributed by atoms with E-state index in [1.165, 1.54) is 0 Å². The Bertz CT molecular complexity index is 435. The Morgan fingerprint density at radius 1 is 1.53 bits per heavy atom. The van der Waals surface area contributed by atoms with Gasteiger partial charge in [-0.3, -0.25) is 4.90 Å². The Labute approximate surface area is 122 Å². The zero-order valence-electron chi connectivity index (χ0n) is 11.4. The molecule has 1 fully saturated rings. The molecule has 0 saturated carbocycles. The van der Waals surface area contributed by atoms with E-state index < -0.39 is 0 Å². The van der Waals surface area contributed by atoms with Gasteiger partial charge < -0.3 is 15.8 Å². The number of ether oxygens (including phenoxy) is 1. The van der Waals surface area contributed by atoms with E-state index in [9.17, 15) is 0 Å². The number of nitrogens with two attached hydrogens (primary N) is 1. The number of halogens is 1. The van der Waals surface area contributed by atoms with Crippen LogP contribution in [0.25, 0.3) is 0 Å². The summed E-state index contributed by atoms with van der Waals surface area (Å²) in [6, 6.07) is 0.324. The number of rotatable bonds is 4. The van der Waals surface area contributed by atoms with Crippen molar-refractivity contribution < 1.29 is 4.74 Å². The first kappa shape index (κ1) is 14.6. The molecule has 1 saturated heterocycles. The number of nitrogen functional groups attached to an aromatic ring is 1. The summed E-state index contributed by atoms with van der Waals surface area (Å²) < 4.78 is 6.30. The van der Waals surface area contributed by atoms with Crippen LogP contribution in [0.15, 0.2) is 10.7 Å². The van der Waals surface area contributed by atoms with Crippen LogP contribution in [0.2, 0.25) is 0 Å². The summed E-state index contributed by atoms with van der Waals surface area (Å²) in [5, 5.41) is 3.43. The standard InChI is InChI=1S/C13H21BrN4O/c1-9(8-18-3-5-19-6-4-18)17-13-12(14)10(2)11(15)7-16-13/h7,9H,3-6,8,15H2,1-2H3,(H,16,17). The second kappa shape index (κ2) is 6.54. The first-order valence-corrected chi connectivity index (χ1v) is 7.34. The number of hydrogen-bond donors (Lipinski definition) is 2. The molecule has 106 valence electrons. The fraction of sp³-hybridized carbons (Fsp3) is 0.615. The molecule has 0 spiro atoms. The summed E-state index contributed by atoms with van der Waals surface area (Å²) in [5.74, 6) is 0.854. The monoisotopic (exact) mass is 328 g/mol. The number of nitrogens with one attached hydrogen (secondary N) is 1. The van der Waals surface area contributed by atoms with Crippen molar-refractivity contribution in [3.8, 4) is 0 Å². The second-order valence-corrected chi connectivity index (χ2v) is 5.75. The number of nitrogens with zero attached hydrogens (tertiary/aromatic N) is 2. The fourth-order valence-corrected chi connectivity index (χ4v) is 2.59. The Balaban J connectivity index is 1.94. The predicted octanol–water partition coefficient (Wildman–Crippen LogP) is 1.87. The quantitative estimate of drug-likeness (QED) is 0.883. The van der Waals surface area contributed by atoms with Crippen LogP contribution in [-0.4, -0.2) is 48.8 Å². The van der Waals surface area contributed by atoms with Gasteiger partial charge in [0.25, 0.3) is 0 Å². The van der Waals surface area contributed by atoms with E-state index in [-0.39, 0.29) is 0 Å². The minimum Gasteiger partial charge on any atom is -0.397 e. The van der Waals surface area contributed by atoms with Gasteiger partial charge >= 0.3 is 0 Å².